The largest absolute Gasteiger partial charge is 0.344 e. The number of hydrogen-bond donors (Lipinski definition) is 1. The molecule has 1 aliphatic rings. The highest BCUT2D eigenvalue weighted by atomic mass is 16.2. The number of amides is 1. The van der Waals surface area contributed by atoms with Gasteiger partial charge >= 0.3 is 0 Å². The summed E-state index contributed by atoms with van der Waals surface area (Å²) in [5, 5.41) is 13.8. The molecular formula is C9H16N6O. The summed E-state index contributed by atoms with van der Waals surface area (Å²) < 4.78 is 1.50. The van der Waals surface area contributed by atoms with Crippen molar-refractivity contribution in [2.24, 2.45) is 7.05 Å². The highest BCUT2D eigenvalue weighted by Crippen LogP contribution is 2.08. The van der Waals surface area contributed by atoms with Gasteiger partial charge in [-0.1, -0.05) is 5.10 Å². The Labute approximate surface area is 93.8 Å². The quantitative estimate of drug-likeness (QED) is 0.758. The second kappa shape index (κ2) is 4.91. The van der Waals surface area contributed by atoms with Gasteiger partial charge in [0.05, 0.1) is 6.54 Å². The zero-order chi connectivity index (χ0) is 11.4. The number of aromatic nitrogens is 4. The van der Waals surface area contributed by atoms with Crippen LogP contribution in [0, 0.1) is 0 Å². The van der Waals surface area contributed by atoms with Gasteiger partial charge in [-0.15, -0.1) is 0 Å². The van der Waals surface area contributed by atoms with E-state index in [1.54, 1.807) is 7.05 Å². The third-order valence-electron chi connectivity index (χ3n) is 2.73. The molecular weight excluding hydrogens is 208 g/mol. The number of nitrogens with one attached hydrogen (secondary N) is 1. The molecule has 0 radical (unpaired) electrons. The summed E-state index contributed by atoms with van der Waals surface area (Å²) in [4.78, 5) is 13.7. The smallest absolute Gasteiger partial charge is 0.243 e. The number of anilines is 1. The Balaban J connectivity index is 1.81. The Morgan fingerprint density at radius 2 is 2.12 bits per heavy atom. The van der Waals surface area contributed by atoms with Gasteiger partial charge in [-0.05, 0) is 29.7 Å². The van der Waals surface area contributed by atoms with Crippen molar-refractivity contribution >= 4 is 11.9 Å². The summed E-state index contributed by atoms with van der Waals surface area (Å²) in [5.41, 5.74) is 0. The summed E-state index contributed by atoms with van der Waals surface area (Å²) >= 11 is 0. The van der Waals surface area contributed by atoms with Crippen LogP contribution in [0.3, 0.4) is 0 Å². The maximum absolute atomic E-state index is 11.8. The number of likely N-dealkylation sites (tertiary alicyclic amines) is 1. The van der Waals surface area contributed by atoms with Crippen molar-refractivity contribution in [2.45, 2.75) is 19.3 Å². The molecule has 0 atom stereocenters. The lowest BCUT2D eigenvalue weighted by Crippen LogP contribution is -2.39. The molecule has 0 unspecified atom stereocenters. The van der Waals surface area contributed by atoms with Crippen LogP contribution in [-0.4, -0.2) is 50.6 Å². The van der Waals surface area contributed by atoms with E-state index in [1.165, 1.54) is 11.1 Å². The summed E-state index contributed by atoms with van der Waals surface area (Å²) in [6.45, 7) is 2.00. The van der Waals surface area contributed by atoms with Crippen molar-refractivity contribution in [1.29, 1.82) is 0 Å². The fourth-order valence-electron chi connectivity index (χ4n) is 1.79. The van der Waals surface area contributed by atoms with Gasteiger partial charge in [0, 0.05) is 20.1 Å². The van der Waals surface area contributed by atoms with Gasteiger partial charge in [0.25, 0.3) is 0 Å². The molecule has 1 aromatic heterocycles. The molecule has 1 saturated heterocycles. The van der Waals surface area contributed by atoms with E-state index in [9.17, 15) is 4.79 Å². The number of rotatable bonds is 3. The molecule has 0 saturated carbocycles. The SMILES string of the molecule is Cn1nnnc1NCC(=O)N1CCCCC1. The van der Waals surface area contributed by atoms with Crippen LogP contribution in [0.15, 0.2) is 0 Å². The second-order valence-corrected chi connectivity index (χ2v) is 3.92. The van der Waals surface area contributed by atoms with Crippen molar-refractivity contribution in [3.8, 4) is 0 Å². The average molecular weight is 224 g/mol. The Kier molecular flexibility index (Phi) is 3.33. The van der Waals surface area contributed by atoms with E-state index in [-0.39, 0.29) is 12.5 Å². The standard InChI is InChI=1S/C9H16N6O/c1-14-9(11-12-13-14)10-7-8(16)15-5-3-2-4-6-15/h2-7H2,1H3,(H,10,11,13). The Morgan fingerprint density at radius 1 is 1.38 bits per heavy atom. The normalized spacial score (nSPS) is 16.2. The number of carbonyl (C=O) groups is 1. The topological polar surface area (TPSA) is 75.9 Å². The first-order valence-corrected chi connectivity index (χ1v) is 5.51. The molecule has 1 aromatic rings. The van der Waals surface area contributed by atoms with Gasteiger partial charge in [0.1, 0.15) is 0 Å². The van der Waals surface area contributed by atoms with Crippen LogP contribution in [0.25, 0.3) is 0 Å². The molecule has 0 spiro atoms. The van der Waals surface area contributed by atoms with E-state index in [4.69, 9.17) is 0 Å². The molecule has 0 aromatic carbocycles. The molecule has 0 bridgehead atoms. The van der Waals surface area contributed by atoms with Crippen LogP contribution >= 0.6 is 0 Å². The zero-order valence-corrected chi connectivity index (χ0v) is 9.39. The van der Waals surface area contributed by atoms with E-state index >= 15 is 0 Å². The summed E-state index contributed by atoms with van der Waals surface area (Å²) in [6, 6.07) is 0. The molecule has 0 aliphatic carbocycles. The summed E-state index contributed by atoms with van der Waals surface area (Å²) in [7, 11) is 1.73. The molecule has 7 nitrogen and oxygen atoms in total. The highest BCUT2D eigenvalue weighted by molar-refractivity contribution is 5.80. The molecule has 1 amide bonds. The summed E-state index contributed by atoms with van der Waals surface area (Å²) in [6.07, 6.45) is 3.44. The predicted molar refractivity (Wildman–Crippen MR) is 57.7 cm³/mol. The van der Waals surface area contributed by atoms with Crippen LogP contribution in [0.4, 0.5) is 5.95 Å². The molecule has 2 heterocycles. The van der Waals surface area contributed by atoms with Crippen molar-refractivity contribution in [2.75, 3.05) is 25.0 Å². The number of piperidine rings is 1. The first kappa shape index (κ1) is 10.8. The first-order valence-electron chi connectivity index (χ1n) is 5.51. The van der Waals surface area contributed by atoms with Crippen LogP contribution < -0.4 is 5.32 Å². The minimum atomic E-state index is 0.114. The predicted octanol–water partition coefficient (Wildman–Crippen LogP) is -0.365. The van der Waals surface area contributed by atoms with Crippen LogP contribution in [-0.2, 0) is 11.8 Å². The van der Waals surface area contributed by atoms with Crippen molar-refractivity contribution in [3.63, 3.8) is 0 Å². The average Bonchev–Trinajstić information content (AvgIpc) is 2.73. The van der Waals surface area contributed by atoms with Crippen molar-refractivity contribution in [3.05, 3.63) is 0 Å². The first-order chi connectivity index (χ1) is 7.77. The molecule has 7 heteroatoms. The maximum Gasteiger partial charge on any atom is 0.243 e. The van der Waals surface area contributed by atoms with Gasteiger partial charge in [-0.25, -0.2) is 4.68 Å². The lowest BCUT2D eigenvalue weighted by Gasteiger charge is -2.26. The number of aryl methyl sites for hydroxylation is 1. The zero-order valence-electron chi connectivity index (χ0n) is 9.39. The van der Waals surface area contributed by atoms with E-state index in [0.29, 0.717) is 5.95 Å². The van der Waals surface area contributed by atoms with Gasteiger partial charge in [0.15, 0.2) is 0 Å². The fourth-order valence-corrected chi connectivity index (χ4v) is 1.79. The molecule has 1 N–H and O–H groups in total. The van der Waals surface area contributed by atoms with Gasteiger partial charge < -0.3 is 10.2 Å². The molecule has 16 heavy (non-hydrogen) atoms. The fraction of sp³-hybridized carbons (Fsp3) is 0.778. The third-order valence-corrected chi connectivity index (χ3v) is 2.73. The van der Waals surface area contributed by atoms with E-state index < -0.39 is 0 Å². The number of hydrogen-bond acceptors (Lipinski definition) is 5. The third kappa shape index (κ3) is 2.47. The molecule has 1 fully saturated rings. The lowest BCUT2D eigenvalue weighted by molar-refractivity contribution is -0.130. The van der Waals surface area contributed by atoms with E-state index in [1.807, 2.05) is 4.90 Å². The molecule has 2 rings (SSSR count). The number of nitrogens with zero attached hydrogens (tertiary/aromatic N) is 5. The van der Waals surface area contributed by atoms with Crippen LogP contribution in [0.5, 0.6) is 0 Å². The van der Waals surface area contributed by atoms with Gasteiger partial charge in [-0.3, -0.25) is 4.79 Å². The van der Waals surface area contributed by atoms with Gasteiger partial charge in [-0.2, -0.15) is 0 Å². The minimum Gasteiger partial charge on any atom is -0.344 e. The van der Waals surface area contributed by atoms with Gasteiger partial charge in [0.2, 0.25) is 11.9 Å². The number of carbonyl (C=O) groups excluding carboxylic acids is 1. The number of tetrazole rings is 1. The lowest BCUT2D eigenvalue weighted by atomic mass is 10.1. The Bertz CT molecular complexity index is 357. The van der Waals surface area contributed by atoms with Crippen molar-refractivity contribution < 1.29 is 4.79 Å². The molecule has 88 valence electrons. The monoisotopic (exact) mass is 224 g/mol. The van der Waals surface area contributed by atoms with E-state index in [2.05, 4.69) is 20.8 Å². The Morgan fingerprint density at radius 3 is 2.75 bits per heavy atom. The minimum absolute atomic E-state index is 0.114. The molecule has 1 aliphatic heterocycles. The highest BCUT2D eigenvalue weighted by Gasteiger charge is 2.16. The second-order valence-electron chi connectivity index (χ2n) is 3.92. The van der Waals surface area contributed by atoms with Crippen molar-refractivity contribution in [1.82, 2.24) is 25.1 Å². The maximum atomic E-state index is 11.8. The van der Waals surface area contributed by atoms with E-state index in [0.717, 1.165) is 25.9 Å². The van der Waals surface area contributed by atoms with Crippen LogP contribution in [0.2, 0.25) is 0 Å². The Hall–Kier alpha value is -1.66. The summed E-state index contributed by atoms with van der Waals surface area (Å²) in [5.74, 6) is 0.632. The van der Waals surface area contributed by atoms with Crippen LogP contribution in [0.1, 0.15) is 19.3 Å².